The lowest BCUT2D eigenvalue weighted by atomic mass is 10.0. The van der Waals surface area contributed by atoms with Gasteiger partial charge in [-0.1, -0.05) is 11.6 Å². The van der Waals surface area contributed by atoms with Gasteiger partial charge in [0, 0.05) is 26.0 Å². The molecule has 0 aromatic carbocycles. The third-order valence-electron chi connectivity index (χ3n) is 3.07. The Labute approximate surface area is 114 Å². The third-order valence-corrected chi connectivity index (χ3v) is 3.36. The first kappa shape index (κ1) is 14.4. The zero-order valence-corrected chi connectivity index (χ0v) is 10.9. The Morgan fingerprint density at radius 2 is 2.05 bits per heavy atom. The Morgan fingerprint density at radius 1 is 1.37 bits per heavy atom. The highest BCUT2D eigenvalue weighted by Gasteiger charge is 2.31. The zero-order valence-electron chi connectivity index (χ0n) is 10.1. The molecule has 7 heteroatoms. The first-order valence-electron chi connectivity index (χ1n) is 6.01. The van der Waals surface area contributed by atoms with Crippen molar-refractivity contribution in [3.63, 3.8) is 0 Å². The second-order valence-electron chi connectivity index (χ2n) is 4.49. The van der Waals surface area contributed by atoms with Gasteiger partial charge in [-0.2, -0.15) is 13.2 Å². The minimum absolute atomic E-state index is 0.0121. The van der Waals surface area contributed by atoms with Crippen LogP contribution in [0.5, 0.6) is 0 Å². The van der Waals surface area contributed by atoms with Gasteiger partial charge in [0.25, 0.3) is 0 Å². The van der Waals surface area contributed by atoms with E-state index >= 15 is 0 Å². The summed E-state index contributed by atoms with van der Waals surface area (Å²) >= 11 is 5.80. The molecular weight excluding hydrogens is 281 g/mol. The van der Waals surface area contributed by atoms with Gasteiger partial charge in [-0.15, -0.1) is 0 Å². The van der Waals surface area contributed by atoms with E-state index in [0.29, 0.717) is 18.3 Å². The molecule has 0 unspecified atom stereocenters. The van der Waals surface area contributed by atoms with Crippen LogP contribution in [0.3, 0.4) is 0 Å². The summed E-state index contributed by atoms with van der Waals surface area (Å²) in [6.07, 6.45) is -1.76. The highest BCUT2D eigenvalue weighted by molar-refractivity contribution is 6.32. The van der Waals surface area contributed by atoms with E-state index in [4.69, 9.17) is 16.3 Å². The first-order chi connectivity index (χ1) is 8.97. The Hall–Kier alpha value is -1.01. The normalized spacial score (nSPS) is 17.5. The first-order valence-corrected chi connectivity index (χ1v) is 6.39. The molecule has 1 aromatic rings. The number of halogens is 4. The Kier molecular flexibility index (Phi) is 4.52. The van der Waals surface area contributed by atoms with Crippen LogP contribution in [0.15, 0.2) is 12.3 Å². The highest BCUT2D eigenvalue weighted by atomic mass is 35.5. The molecule has 0 amide bonds. The number of pyridine rings is 1. The van der Waals surface area contributed by atoms with Crippen molar-refractivity contribution in [1.82, 2.24) is 4.98 Å². The summed E-state index contributed by atoms with van der Waals surface area (Å²) in [5, 5.41) is 2.98. The SMILES string of the molecule is FC(F)(F)c1cnc(NCC2CCOCC2)c(Cl)c1. The molecule has 2 rings (SSSR count). The van der Waals surface area contributed by atoms with Gasteiger partial charge in [0.1, 0.15) is 5.82 Å². The lowest BCUT2D eigenvalue weighted by molar-refractivity contribution is -0.137. The van der Waals surface area contributed by atoms with Gasteiger partial charge in [0.05, 0.1) is 10.6 Å². The summed E-state index contributed by atoms with van der Waals surface area (Å²) in [6.45, 7) is 2.09. The van der Waals surface area contributed by atoms with Gasteiger partial charge in [0.15, 0.2) is 0 Å². The molecule has 3 nitrogen and oxygen atoms in total. The maximum atomic E-state index is 12.4. The molecule has 19 heavy (non-hydrogen) atoms. The van der Waals surface area contributed by atoms with E-state index in [-0.39, 0.29) is 5.02 Å². The maximum absolute atomic E-state index is 12.4. The molecule has 0 spiro atoms. The summed E-state index contributed by atoms with van der Waals surface area (Å²) in [4.78, 5) is 3.73. The number of anilines is 1. The van der Waals surface area contributed by atoms with E-state index in [1.807, 2.05) is 0 Å². The Morgan fingerprint density at radius 3 is 2.63 bits per heavy atom. The summed E-state index contributed by atoms with van der Waals surface area (Å²) in [5.41, 5.74) is -0.839. The molecule has 1 saturated heterocycles. The minimum atomic E-state index is -4.42. The van der Waals surface area contributed by atoms with Crippen molar-refractivity contribution in [3.8, 4) is 0 Å². The van der Waals surface area contributed by atoms with Gasteiger partial charge in [-0.25, -0.2) is 4.98 Å². The number of hydrogen-bond acceptors (Lipinski definition) is 3. The molecule has 0 aliphatic carbocycles. The Bertz CT molecular complexity index is 433. The fraction of sp³-hybridized carbons (Fsp3) is 0.583. The fourth-order valence-electron chi connectivity index (χ4n) is 1.91. The van der Waals surface area contributed by atoms with E-state index in [9.17, 15) is 13.2 Å². The topological polar surface area (TPSA) is 34.2 Å². The van der Waals surface area contributed by atoms with Crippen LogP contribution in [-0.4, -0.2) is 24.7 Å². The minimum Gasteiger partial charge on any atom is -0.381 e. The van der Waals surface area contributed by atoms with Crippen LogP contribution in [-0.2, 0) is 10.9 Å². The van der Waals surface area contributed by atoms with Crippen molar-refractivity contribution in [2.24, 2.45) is 5.92 Å². The summed E-state index contributed by atoms with van der Waals surface area (Å²) in [7, 11) is 0. The van der Waals surface area contributed by atoms with Crippen LogP contribution in [0.2, 0.25) is 5.02 Å². The van der Waals surface area contributed by atoms with Gasteiger partial charge < -0.3 is 10.1 Å². The fourth-order valence-corrected chi connectivity index (χ4v) is 2.15. The molecule has 0 radical (unpaired) electrons. The maximum Gasteiger partial charge on any atom is 0.417 e. The highest BCUT2D eigenvalue weighted by Crippen LogP contribution is 2.32. The quantitative estimate of drug-likeness (QED) is 0.925. The molecule has 106 valence electrons. The smallest absolute Gasteiger partial charge is 0.381 e. The van der Waals surface area contributed by atoms with E-state index < -0.39 is 11.7 Å². The van der Waals surface area contributed by atoms with Crippen LogP contribution in [0.4, 0.5) is 19.0 Å². The van der Waals surface area contributed by atoms with Crippen LogP contribution in [0, 0.1) is 5.92 Å². The monoisotopic (exact) mass is 294 g/mol. The van der Waals surface area contributed by atoms with Crippen LogP contribution >= 0.6 is 11.6 Å². The number of rotatable bonds is 3. The molecule has 0 atom stereocenters. The summed E-state index contributed by atoms with van der Waals surface area (Å²) in [6, 6.07) is 0.890. The van der Waals surface area contributed by atoms with Crippen LogP contribution < -0.4 is 5.32 Å². The molecule has 2 heterocycles. The molecule has 1 aromatic heterocycles. The molecule has 1 N–H and O–H groups in total. The third kappa shape index (κ3) is 3.98. The number of alkyl halides is 3. The van der Waals surface area contributed by atoms with Gasteiger partial charge >= 0.3 is 6.18 Å². The lowest BCUT2D eigenvalue weighted by Gasteiger charge is -2.22. The molecule has 0 saturated carbocycles. The summed E-state index contributed by atoms with van der Waals surface area (Å²) in [5.74, 6) is 0.732. The van der Waals surface area contributed by atoms with E-state index in [2.05, 4.69) is 10.3 Å². The summed E-state index contributed by atoms with van der Waals surface area (Å²) < 4.78 is 42.6. The van der Waals surface area contributed by atoms with Crippen molar-refractivity contribution in [2.75, 3.05) is 25.1 Å². The van der Waals surface area contributed by atoms with Crippen molar-refractivity contribution in [1.29, 1.82) is 0 Å². The Balaban J connectivity index is 1.97. The number of hydrogen-bond donors (Lipinski definition) is 1. The molecule has 1 aliphatic heterocycles. The van der Waals surface area contributed by atoms with Crippen molar-refractivity contribution >= 4 is 17.4 Å². The predicted molar refractivity (Wildman–Crippen MR) is 66.3 cm³/mol. The van der Waals surface area contributed by atoms with Crippen molar-refractivity contribution < 1.29 is 17.9 Å². The standard InChI is InChI=1S/C12H14ClF3N2O/c13-10-5-9(12(14,15)16)7-18-11(10)17-6-8-1-3-19-4-2-8/h5,7-8H,1-4,6H2,(H,17,18). The van der Waals surface area contributed by atoms with Crippen LogP contribution in [0.1, 0.15) is 18.4 Å². The molecule has 1 fully saturated rings. The van der Waals surface area contributed by atoms with E-state index in [1.165, 1.54) is 0 Å². The molecule has 0 bridgehead atoms. The van der Waals surface area contributed by atoms with Crippen molar-refractivity contribution in [2.45, 2.75) is 19.0 Å². The average Bonchev–Trinajstić information content (AvgIpc) is 2.37. The van der Waals surface area contributed by atoms with E-state index in [1.54, 1.807) is 0 Å². The average molecular weight is 295 g/mol. The van der Waals surface area contributed by atoms with E-state index in [0.717, 1.165) is 38.3 Å². The van der Waals surface area contributed by atoms with Gasteiger partial charge in [-0.3, -0.25) is 0 Å². The van der Waals surface area contributed by atoms with Gasteiger partial charge in [-0.05, 0) is 24.8 Å². The second-order valence-corrected chi connectivity index (χ2v) is 4.90. The zero-order chi connectivity index (χ0) is 13.9. The second kappa shape index (κ2) is 5.96. The predicted octanol–water partition coefficient (Wildman–Crippen LogP) is 3.59. The number of ether oxygens (including phenoxy) is 1. The number of aromatic nitrogens is 1. The lowest BCUT2D eigenvalue weighted by Crippen LogP contribution is -2.23. The van der Waals surface area contributed by atoms with Crippen molar-refractivity contribution in [3.05, 3.63) is 22.8 Å². The largest absolute Gasteiger partial charge is 0.417 e. The molecule has 1 aliphatic rings. The molecular formula is C12H14ClF3N2O. The number of nitrogens with zero attached hydrogens (tertiary/aromatic N) is 1. The van der Waals surface area contributed by atoms with Gasteiger partial charge in [0.2, 0.25) is 0 Å². The van der Waals surface area contributed by atoms with Crippen LogP contribution in [0.25, 0.3) is 0 Å². The number of nitrogens with one attached hydrogen (secondary N) is 1.